The molecule has 1 aromatic rings. The summed E-state index contributed by atoms with van der Waals surface area (Å²) < 4.78 is 27.7. The van der Waals surface area contributed by atoms with Crippen LogP contribution in [-0.4, -0.2) is 27.5 Å². The third kappa shape index (κ3) is 4.91. The van der Waals surface area contributed by atoms with Crippen molar-refractivity contribution in [2.75, 3.05) is 19.1 Å². The van der Waals surface area contributed by atoms with E-state index in [9.17, 15) is 8.42 Å². The predicted octanol–water partition coefficient (Wildman–Crippen LogP) is 1.93. The minimum absolute atomic E-state index is 0.0945. The Morgan fingerprint density at radius 1 is 1.41 bits per heavy atom. The van der Waals surface area contributed by atoms with Crippen LogP contribution >= 0.6 is 0 Å². The Bertz CT molecular complexity index is 436. The zero-order valence-electron chi connectivity index (χ0n) is 10.7. The van der Waals surface area contributed by atoms with Crippen LogP contribution in [-0.2, 0) is 16.3 Å². The molecule has 1 heterocycles. The fraction of sp³-hybridized carbons (Fsp3) is 0.667. The van der Waals surface area contributed by atoms with Crippen molar-refractivity contribution < 1.29 is 12.8 Å². The van der Waals surface area contributed by atoms with Gasteiger partial charge in [-0.05, 0) is 32.0 Å². The average molecular weight is 259 g/mol. The molecule has 1 aromatic heterocycles. The number of hydrogen-bond acceptors (Lipinski definition) is 4. The van der Waals surface area contributed by atoms with Crippen molar-refractivity contribution in [3.63, 3.8) is 0 Å². The first-order valence-corrected chi connectivity index (χ1v) is 7.96. The highest BCUT2D eigenvalue weighted by molar-refractivity contribution is 7.90. The molecular weight excluding hydrogens is 238 g/mol. The van der Waals surface area contributed by atoms with Crippen molar-refractivity contribution >= 4 is 9.84 Å². The molecule has 98 valence electrons. The van der Waals surface area contributed by atoms with Gasteiger partial charge in [-0.2, -0.15) is 0 Å². The summed E-state index contributed by atoms with van der Waals surface area (Å²) in [7, 11) is -1.01. The van der Waals surface area contributed by atoms with E-state index in [1.165, 1.54) is 6.26 Å². The fourth-order valence-corrected chi connectivity index (χ4v) is 2.44. The zero-order chi connectivity index (χ0) is 12.9. The maximum atomic E-state index is 11.0. The van der Waals surface area contributed by atoms with Crippen molar-refractivity contribution in [1.82, 2.24) is 5.32 Å². The molecule has 0 saturated carbocycles. The maximum Gasteiger partial charge on any atom is 0.147 e. The summed E-state index contributed by atoms with van der Waals surface area (Å²) >= 11 is 0. The average Bonchev–Trinajstić information content (AvgIpc) is 2.71. The molecule has 0 fully saturated rings. The molecule has 0 saturated heterocycles. The molecular formula is C12H21NO3S. The first-order chi connectivity index (χ1) is 7.96. The molecule has 17 heavy (non-hydrogen) atoms. The van der Waals surface area contributed by atoms with Crippen LogP contribution in [0, 0.1) is 0 Å². The lowest BCUT2D eigenvalue weighted by Crippen LogP contribution is -2.17. The van der Waals surface area contributed by atoms with E-state index in [2.05, 4.69) is 5.32 Å². The van der Waals surface area contributed by atoms with Gasteiger partial charge in [0.05, 0.1) is 6.04 Å². The highest BCUT2D eigenvalue weighted by atomic mass is 32.2. The summed E-state index contributed by atoms with van der Waals surface area (Å²) in [5.41, 5.74) is 0. The Morgan fingerprint density at radius 2 is 2.12 bits per heavy atom. The molecule has 0 aliphatic carbocycles. The van der Waals surface area contributed by atoms with Crippen molar-refractivity contribution in [2.45, 2.75) is 32.2 Å². The number of hydrogen-bond donors (Lipinski definition) is 1. The van der Waals surface area contributed by atoms with E-state index in [0.29, 0.717) is 6.42 Å². The van der Waals surface area contributed by atoms with Crippen molar-refractivity contribution in [2.24, 2.45) is 0 Å². The second-order valence-corrected chi connectivity index (χ2v) is 6.53. The van der Waals surface area contributed by atoms with Gasteiger partial charge >= 0.3 is 0 Å². The van der Waals surface area contributed by atoms with Gasteiger partial charge in [0, 0.05) is 18.4 Å². The minimum Gasteiger partial charge on any atom is -0.464 e. The first kappa shape index (κ1) is 14.3. The number of nitrogens with one attached hydrogen (secondary N) is 1. The normalized spacial score (nSPS) is 13.8. The molecule has 0 aliphatic heterocycles. The van der Waals surface area contributed by atoms with Gasteiger partial charge < -0.3 is 9.73 Å². The largest absolute Gasteiger partial charge is 0.464 e. The zero-order valence-corrected chi connectivity index (χ0v) is 11.5. The topological polar surface area (TPSA) is 59.3 Å². The number of furan rings is 1. The summed E-state index contributed by atoms with van der Waals surface area (Å²) in [6.07, 6.45) is 3.55. The fourth-order valence-electron chi connectivity index (χ4n) is 1.75. The van der Waals surface area contributed by atoms with E-state index in [-0.39, 0.29) is 11.8 Å². The summed E-state index contributed by atoms with van der Waals surface area (Å²) in [5.74, 6) is 2.08. The molecule has 0 spiro atoms. The van der Waals surface area contributed by atoms with Crippen LogP contribution in [0.1, 0.15) is 37.3 Å². The standard InChI is InChI=1S/C12H21NO3S/c1-4-10-7-8-12(16-10)11(13-2)6-5-9-17(3,14)15/h7-8,11,13H,4-6,9H2,1-3H3. The Balaban J connectivity index is 2.54. The Labute approximate surface area is 103 Å². The van der Waals surface area contributed by atoms with Gasteiger partial charge in [-0.25, -0.2) is 8.42 Å². The number of rotatable bonds is 7. The smallest absolute Gasteiger partial charge is 0.147 e. The summed E-state index contributed by atoms with van der Waals surface area (Å²) in [5, 5.41) is 3.15. The molecule has 1 rings (SSSR count). The molecule has 0 radical (unpaired) electrons. The van der Waals surface area contributed by atoms with Crippen LogP contribution in [0.2, 0.25) is 0 Å². The van der Waals surface area contributed by atoms with Crippen molar-refractivity contribution in [1.29, 1.82) is 0 Å². The third-order valence-electron chi connectivity index (χ3n) is 2.73. The Hall–Kier alpha value is -0.810. The van der Waals surface area contributed by atoms with E-state index in [1.54, 1.807) is 0 Å². The van der Waals surface area contributed by atoms with Gasteiger partial charge in [-0.3, -0.25) is 0 Å². The third-order valence-corrected chi connectivity index (χ3v) is 3.76. The molecule has 1 unspecified atom stereocenters. The molecule has 0 aromatic carbocycles. The van der Waals surface area contributed by atoms with E-state index in [1.807, 2.05) is 26.1 Å². The van der Waals surface area contributed by atoms with Gasteiger partial charge in [0.1, 0.15) is 21.4 Å². The van der Waals surface area contributed by atoms with Crippen LogP contribution in [0.25, 0.3) is 0 Å². The van der Waals surface area contributed by atoms with Crippen molar-refractivity contribution in [3.8, 4) is 0 Å². The van der Waals surface area contributed by atoms with Crippen LogP contribution in [0.5, 0.6) is 0 Å². The SMILES string of the molecule is CCc1ccc(C(CCCS(C)(=O)=O)NC)o1. The van der Waals surface area contributed by atoms with Gasteiger partial charge in [0.15, 0.2) is 0 Å². The lowest BCUT2D eigenvalue weighted by Gasteiger charge is -2.13. The number of aryl methyl sites for hydroxylation is 1. The van der Waals surface area contributed by atoms with Gasteiger partial charge in [0.25, 0.3) is 0 Å². The van der Waals surface area contributed by atoms with Gasteiger partial charge in [-0.15, -0.1) is 0 Å². The molecule has 1 atom stereocenters. The van der Waals surface area contributed by atoms with Crippen LogP contribution in [0.3, 0.4) is 0 Å². The highest BCUT2D eigenvalue weighted by Gasteiger charge is 2.14. The molecule has 1 N–H and O–H groups in total. The van der Waals surface area contributed by atoms with Crippen LogP contribution < -0.4 is 5.32 Å². The first-order valence-electron chi connectivity index (χ1n) is 5.90. The van der Waals surface area contributed by atoms with E-state index < -0.39 is 9.84 Å². The lowest BCUT2D eigenvalue weighted by molar-refractivity contribution is 0.393. The highest BCUT2D eigenvalue weighted by Crippen LogP contribution is 2.21. The summed E-state index contributed by atoms with van der Waals surface area (Å²) in [6, 6.07) is 4.02. The second-order valence-electron chi connectivity index (χ2n) is 4.27. The molecule has 4 nitrogen and oxygen atoms in total. The van der Waals surface area contributed by atoms with E-state index >= 15 is 0 Å². The molecule has 0 bridgehead atoms. The minimum atomic E-state index is -2.87. The molecule has 0 amide bonds. The number of sulfone groups is 1. The van der Waals surface area contributed by atoms with Gasteiger partial charge in [0.2, 0.25) is 0 Å². The lowest BCUT2D eigenvalue weighted by atomic mass is 10.1. The second kappa shape index (κ2) is 6.21. The van der Waals surface area contributed by atoms with Crippen LogP contribution in [0.4, 0.5) is 0 Å². The van der Waals surface area contributed by atoms with E-state index in [4.69, 9.17) is 4.42 Å². The van der Waals surface area contributed by atoms with Crippen molar-refractivity contribution in [3.05, 3.63) is 23.7 Å². The summed E-state index contributed by atoms with van der Waals surface area (Å²) in [6.45, 7) is 2.04. The predicted molar refractivity (Wildman–Crippen MR) is 68.8 cm³/mol. The Kier molecular flexibility index (Phi) is 5.21. The quantitative estimate of drug-likeness (QED) is 0.813. The maximum absolute atomic E-state index is 11.0. The molecule has 0 aliphatic rings. The molecule has 5 heteroatoms. The Morgan fingerprint density at radius 3 is 2.59 bits per heavy atom. The summed E-state index contributed by atoms with van der Waals surface area (Å²) in [4.78, 5) is 0. The van der Waals surface area contributed by atoms with Gasteiger partial charge in [-0.1, -0.05) is 6.92 Å². The monoisotopic (exact) mass is 259 g/mol. The van der Waals surface area contributed by atoms with E-state index in [0.717, 1.165) is 24.4 Å². The van der Waals surface area contributed by atoms with Crippen LogP contribution in [0.15, 0.2) is 16.5 Å².